The van der Waals surface area contributed by atoms with Crippen LogP contribution in [0.1, 0.15) is 37.2 Å². The number of pyridine rings is 2. The maximum absolute atomic E-state index is 13.1. The highest BCUT2D eigenvalue weighted by Crippen LogP contribution is 2.35. The largest absolute Gasteiger partial charge is 0.360 e. The van der Waals surface area contributed by atoms with Crippen LogP contribution in [0.2, 0.25) is 0 Å². The number of aromatic amines is 1. The van der Waals surface area contributed by atoms with E-state index in [2.05, 4.69) is 25.7 Å². The number of likely N-dealkylation sites (tertiary alicyclic amines) is 2. The molecule has 1 unspecified atom stereocenters. The Kier molecular flexibility index (Phi) is 5.50. The Morgan fingerprint density at radius 2 is 1.94 bits per heavy atom. The summed E-state index contributed by atoms with van der Waals surface area (Å²) in [7, 11) is -3.28. The van der Waals surface area contributed by atoms with Gasteiger partial charge in [-0.05, 0) is 49.3 Å². The number of amides is 2. The van der Waals surface area contributed by atoms with Gasteiger partial charge >= 0.3 is 6.03 Å². The van der Waals surface area contributed by atoms with Crippen LogP contribution in [0.15, 0.2) is 30.7 Å². The first-order chi connectivity index (χ1) is 15.4. The number of sulfonamides is 1. The molecular weight excluding hydrogens is 428 g/mol. The van der Waals surface area contributed by atoms with Crippen molar-refractivity contribution < 1.29 is 13.2 Å². The summed E-state index contributed by atoms with van der Waals surface area (Å²) >= 11 is 0. The molecule has 5 rings (SSSR count). The van der Waals surface area contributed by atoms with E-state index in [9.17, 15) is 13.2 Å². The van der Waals surface area contributed by atoms with Gasteiger partial charge in [0.05, 0.1) is 18.0 Å². The number of carbonyl (C=O) groups is 1. The summed E-state index contributed by atoms with van der Waals surface area (Å²) in [6, 6.07) is 3.96. The van der Waals surface area contributed by atoms with Crippen molar-refractivity contribution in [2.45, 2.75) is 37.6 Å². The molecule has 2 amide bonds. The summed E-state index contributed by atoms with van der Waals surface area (Å²) in [6.45, 7) is 2.49. The lowest BCUT2D eigenvalue weighted by atomic mass is 9.87. The Hall–Kier alpha value is -2.72. The first-order valence-electron chi connectivity index (χ1n) is 11.1. The van der Waals surface area contributed by atoms with E-state index in [1.54, 1.807) is 11.1 Å². The lowest BCUT2D eigenvalue weighted by Gasteiger charge is -2.39. The highest BCUT2D eigenvalue weighted by atomic mass is 32.2. The number of rotatable bonds is 3. The molecule has 0 saturated carbocycles. The number of urea groups is 1. The molecule has 3 aromatic rings. The lowest BCUT2D eigenvalue weighted by Crippen LogP contribution is -2.54. The molecule has 2 fully saturated rings. The minimum atomic E-state index is -3.28. The quantitative estimate of drug-likeness (QED) is 0.629. The van der Waals surface area contributed by atoms with E-state index in [1.165, 1.54) is 17.2 Å². The fraction of sp³-hybridized carbons (Fsp3) is 0.500. The summed E-state index contributed by atoms with van der Waals surface area (Å²) < 4.78 is 25.8. The standard InChI is InChI=1S/C22H28N6O3S/c1-32(30,31)26-16-3-2-10-28(14-16)22(29)27-11-6-15(7-12-27)17-4-8-23-19-13-25-21-18(20(17)19)5-9-24-21/h4-5,8-9,13,15-16,23,26H,2-3,6-7,10-12,14H2,1H3. The SMILES string of the molecule is CS(=O)(=O)NC1CCCN(C(=O)N2CCC(c3cc[nH]c4cnc5nccc5c34)CC2)C1. The smallest absolute Gasteiger partial charge is 0.320 e. The number of fused-ring (bicyclic) bond motifs is 3. The number of hydrogen-bond acceptors (Lipinski definition) is 5. The first-order valence-corrected chi connectivity index (χ1v) is 13.0. The maximum Gasteiger partial charge on any atom is 0.320 e. The van der Waals surface area contributed by atoms with E-state index >= 15 is 0 Å². The average Bonchev–Trinajstić information content (AvgIpc) is 3.26. The van der Waals surface area contributed by atoms with Gasteiger partial charge in [-0.25, -0.2) is 27.9 Å². The molecule has 0 aromatic carbocycles. The van der Waals surface area contributed by atoms with Crippen LogP contribution >= 0.6 is 0 Å². The molecule has 2 saturated heterocycles. The molecule has 170 valence electrons. The van der Waals surface area contributed by atoms with Gasteiger partial charge < -0.3 is 14.8 Å². The van der Waals surface area contributed by atoms with Crippen molar-refractivity contribution in [2.75, 3.05) is 32.4 Å². The van der Waals surface area contributed by atoms with Crippen LogP contribution in [-0.2, 0) is 10.0 Å². The number of nitrogens with one attached hydrogen (secondary N) is 2. The molecular formula is C22H28N6O3S. The number of carbonyl (C=O) groups excluding carboxylic acids is 1. The molecule has 0 radical (unpaired) electrons. The summed E-state index contributed by atoms with van der Waals surface area (Å²) in [6.07, 6.45) is 10.1. The van der Waals surface area contributed by atoms with Crippen LogP contribution in [-0.4, -0.2) is 77.7 Å². The Morgan fingerprint density at radius 3 is 2.72 bits per heavy atom. The molecule has 0 spiro atoms. The maximum atomic E-state index is 13.1. The normalized spacial score (nSPS) is 20.8. The third-order valence-electron chi connectivity index (χ3n) is 6.60. The van der Waals surface area contributed by atoms with Gasteiger partial charge in [-0.15, -0.1) is 0 Å². The summed E-state index contributed by atoms with van der Waals surface area (Å²) in [5.74, 6) is 0.359. The van der Waals surface area contributed by atoms with Crippen molar-refractivity contribution in [3.8, 4) is 0 Å². The van der Waals surface area contributed by atoms with E-state index in [4.69, 9.17) is 0 Å². The van der Waals surface area contributed by atoms with Crippen molar-refractivity contribution in [1.82, 2.24) is 29.5 Å². The van der Waals surface area contributed by atoms with Gasteiger partial charge in [-0.2, -0.15) is 0 Å². The number of piperidine rings is 2. The number of H-pyrrole nitrogens is 1. The van der Waals surface area contributed by atoms with Crippen molar-refractivity contribution in [2.24, 2.45) is 0 Å². The van der Waals surface area contributed by atoms with Crippen molar-refractivity contribution >= 4 is 38.0 Å². The van der Waals surface area contributed by atoms with Crippen LogP contribution in [0.5, 0.6) is 0 Å². The third kappa shape index (κ3) is 4.16. The molecule has 3 aromatic heterocycles. The molecule has 9 nitrogen and oxygen atoms in total. The summed E-state index contributed by atoms with van der Waals surface area (Å²) in [5, 5.41) is 2.23. The number of aromatic nitrogens is 3. The molecule has 0 bridgehead atoms. The van der Waals surface area contributed by atoms with Gasteiger partial charge in [0.15, 0.2) is 5.65 Å². The second-order valence-electron chi connectivity index (χ2n) is 8.88. The van der Waals surface area contributed by atoms with Crippen LogP contribution in [0.4, 0.5) is 4.79 Å². The van der Waals surface area contributed by atoms with Gasteiger partial charge in [-0.3, -0.25) is 0 Å². The monoisotopic (exact) mass is 456 g/mol. The van der Waals surface area contributed by atoms with Gasteiger partial charge in [0.2, 0.25) is 10.0 Å². The zero-order valence-electron chi connectivity index (χ0n) is 18.1. The van der Waals surface area contributed by atoms with E-state index < -0.39 is 10.0 Å². The van der Waals surface area contributed by atoms with Crippen LogP contribution in [0, 0.1) is 0 Å². The van der Waals surface area contributed by atoms with Crippen LogP contribution < -0.4 is 4.72 Å². The molecule has 1 atom stereocenters. The van der Waals surface area contributed by atoms with E-state index in [0.29, 0.717) is 32.1 Å². The average molecular weight is 457 g/mol. The van der Waals surface area contributed by atoms with E-state index in [0.717, 1.165) is 42.2 Å². The fourth-order valence-electron chi connectivity index (χ4n) is 5.16. The van der Waals surface area contributed by atoms with Gasteiger partial charge in [0.1, 0.15) is 0 Å². The molecule has 32 heavy (non-hydrogen) atoms. The van der Waals surface area contributed by atoms with E-state index in [-0.39, 0.29) is 12.1 Å². The predicted molar refractivity (Wildman–Crippen MR) is 123 cm³/mol. The van der Waals surface area contributed by atoms with Crippen molar-refractivity contribution in [3.05, 3.63) is 36.3 Å². The number of nitrogens with zero attached hydrogens (tertiary/aromatic N) is 4. The molecule has 0 aliphatic carbocycles. The Balaban J connectivity index is 1.28. The minimum Gasteiger partial charge on any atom is -0.360 e. The zero-order chi connectivity index (χ0) is 22.3. The van der Waals surface area contributed by atoms with Gasteiger partial charge in [-0.1, -0.05) is 0 Å². The third-order valence-corrected chi connectivity index (χ3v) is 7.36. The molecule has 10 heteroatoms. The Bertz CT molecular complexity index is 1250. The summed E-state index contributed by atoms with van der Waals surface area (Å²) in [4.78, 5) is 28.9. The van der Waals surface area contributed by atoms with Gasteiger partial charge in [0.25, 0.3) is 0 Å². The lowest BCUT2D eigenvalue weighted by molar-refractivity contribution is 0.126. The van der Waals surface area contributed by atoms with Gasteiger partial charge in [0, 0.05) is 55.4 Å². The second-order valence-corrected chi connectivity index (χ2v) is 10.7. The Morgan fingerprint density at radius 1 is 1.12 bits per heavy atom. The predicted octanol–water partition coefficient (Wildman–Crippen LogP) is 2.42. The summed E-state index contributed by atoms with van der Waals surface area (Å²) in [5.41, 5.74) is 3.04. The highest BCUT2D eigenvalue weighted by Gasteiger charge is 2.31. The molecule has 5 heterocycles. The number of hydrogen-bond donors (Lipinski definition) is 2. The highest BCUT2D eigenvalue weighted by molar-refractivity contribution is 7.88. The van der Waals surface area contributed by atoms with Crippen LogP contribution in [0.3, 0.4) is 0 Å². The fourth-order valence-corrected chi connectivity index (χ4v) is 5.95. The van der Waals surface area contributed by atoms with E-state index in [1.807, 2.05) is 23.4 Å². The second kappa shape index (κ2) is 8.32. The molecule has 2 aliphatic heterocycles. The minimum absolute atomic E-state index is 0.0153. The topological polar surface area (TPSA) is 111 Å². The zero-order valence-corrected chi connectivity index (χ0v) is 18.9. The molecule has 2 N–H and O–H groups in total. The van der Waals surface area contributed by atoms with Crippen molar-refractivity contribution in [1.29, 1.82) is 0 Å². The Labute approximate surface area is 187 Å². The first kappa shape index (κ1) is 21.1. The van der Waals surface area contributed by atoms with Crippen molar-refractivity contribution in [3.63, 3.8) is 0 Å². The van der Waals surface area contributed by atoms with Crippen LogP contribution in [0.25, 0.3) is 21.9 Å². The molecule has 2 aliphatic rings.